The van der Waals surface area contributed by atoms with E-state index in [2.05, 4.69) is 10.4 Å². The molecule has 2 rings (SSSR count). The highest BCUT2D eigenvalue weighted by atomic mass is 16.5. The van der Waals surface area contributed by atoms with Gasteiger partial charge in [0.25, 0.3) is 5.91 Å². The molecule has 0 bridgehead atoms. The summed E-state index contributed by atoms with van der Waals surface area (Å²) in [7, 11) is 1.84. The zero-order valence-electron chi connectivity index (χ0n) is 12.5. The van der Waals surface area contributed by atoms with Gasteiger partial charge in [-0.1, -0.05) is 18.2 Å². The summed E-state index contributed by atoms with van der Waals surface area (Å²) in [5.41, 5.74) is 8.90. The van der Waals surface area contributed by atoms with Crippen LogP contribution in [0.15, 0.2) is 24.3 Å². The molecule has 1 aromatic carbocycles. The molecular weight excluding hydrogens is 268 g/mol. The second-order valence-electron chi connectivity index (χ2n) is 4.82. The normalized spacial score (nSPS) is 10.5. The maximum absolute atomic E-state index is 12.0. The van der Waals surface area contributed by atoms with Crippen LogP contribution < -0.4 is 15.8 Å². The first-order valence-corrected chi connectivity index (χ1v) is 6.73. The molecule has 0 aliphatic carbocycles. The number of para-hydroxylation sites is 1. The summed E-state index contributed by atoms with van der Waals surface area (Å²) in [6.07, 6.45) is 0. The van der Waals surface area contributed by atoms with Gasteiger partial charge in [-0.05, 0) is 25.5 Å². The Balaban J connectivity index is 1.99. The number of amides is 1. The van der Waals surface area contributed by atoms with Gasteiger partial charge in [-0.2, -0.15) is 5.10 Å². The molecule has 0 saturated heterocycles. The molecule has 0 unspecified atom stereocenters. The Labute approximate surface area is 123 Å². The van der Waals surface area contributed by atoms with Crippen molar-refractivity contribution in [1.29, 1.82) is 0 Å². The number of anilines is 1. The molecule has 0 fully saturated rings. The number of nitrogens with zero attached hydrogens (tertiary/aromatic N) is 2. The van der Waals surface area contributed by atoms with E-state index in [9.17, 15) is 4.79 Å². The molecule has 1 aromatic heterocycles. The van der Waals surface area contributed by atoms with Crippen LogP contribution >= 0.6 is 0 Å². The molecule has 3 N–H and O–H groups in total. The van der Waals surface area contributed by atoms with E-state index in [0.717, 1.165) is 17.0 Å². The van der Waals surface area contributed by atoms with Gasteiger partial charge in [0.1, 0.15) is 5.69 Å². The number of hydrogen-bond donors (Lipinski definition) is 2. The fraction of sp³-hybridized carbons (Fsp3) is 0.333. The van der Waals surface area contributed by atoms with Crippen LogP contribution in [-0.2, 0) is 18.4 Å². The summed E-state index contributed by atoms with van der Waals surface area (Å²) < 4.78 is 7.30. The number of carbonyl (C=O) groups is 1. The Bertz CT molecular complexity index is 649. The van der Waals surface area contributed by atoms with Gasteiger partial charge in [-0.15, -0.1) is 0 Å². The van der Waals surface area contributed by atoms with Gasteiger partial charge in [-0.3, -0.25) is 9.48 Å². The van der Waals surface area contributed by atoms with E-state index in [1.807, 2.05) is 45.2 Å². The van der Waals surface area contributed by atoms with Crippen LogP contribution in [0.25, 0.3) is 0 Å². The Morgan fingerprint density at radius 3 is 2.71 bits per heavy atom. The number of nitrogens with one attached hydrogen (secondary N) is 1. The first kappa shape index (κ1) is 15.1. The van der Waals surface area contributed by atoms with Gasteiger partial charge in [0.15, 0.2) is 12.4 Å². The first-order valence-electron chi connectivity index (χ1n) is 6.73. The third kappa shape index (κ3) is 3.41. The Morgan fingerprint density at radius 1 is 1.38 bits per heavy atom. The Kier molecular flexibility index (Phi) is 4.59. The molecule has 1 amide bonds. The zero-order chi connectivity index (χ0) is 15.4. The lowest BCUT2D eigenvalue weighted by molar-refractivity contribution is -0.118. The summed E-state index contributed by atoms with van der Waals surface area (Å²) in [4.78, 5) is 12.0. The number of benzene rings is 1. The first-order chi connectivity index (χ1) is 10.0. The summed E-state index contributed by atoms with van der Waals surface area (Å²) >= 11 is 0. The average molecular weight is 288 g/mol. The molecule has 0 atom stereocenters. The third-order valence-corrected chi connectivity index (χ3v) is 3.30. The average Bonchev–Trinajstić information content (AvgIpc) is 2.71. The monoisotopic (exact) mass is 288 g/mol. The molecule has 21 heavy (non-hydrogen) atoms. The maximum Gasteiger partial charge on any atom is 0.262 e. The summed E-state index contributed by atoms with van der Waals surface area (Å²) in [5, 5.41) is 7.05. The molecule has 1 heterocycles. The van der Waals surface area contributed by atoms with Gasteiger partial charge in [0.05, 0.1) is 5.69 Å². The lowest BCUT2D eigenvalue weighted by Crippen LogP contribution is -2.21. The predicted molar refractivity (Wildman–Crippen MR) is 81.1 cm³/mol. The van der Waals surface area contributed by atoms with Crippen molar-refractivity contribution in [3.8, 4) is 5.75 Å². The van der Waals surface area contributed by atoms with Crippen molar-refractivity contribution in [2.45, 2.75) is 20.4 Å². The maximum atomic E-state index is 12.0. The number of aromatic nitrogens is 2. The van der Waals surface area contributed by atoms with E-state index in [1.165, 1.54) is 0 Å². The quantitative estimate of drug-likeness (QED) is 0.873. The van der Waals surface area contributed by atoms with E-state index < -0.39 is 0 Å². The van der Waals surface area contributed by atoms with Crippen LogP contribution in [0.3, 0.4) is 0 Å². The highest BCUT2D eigenvalue weighted by Gasteiger charge is 2.13. The number of nitrogens with two attached hydrogens (primary N) is 1. The minimum atomic E-state index is -0.224. The Morgan fingerprint density at radius 2 is 2.10 bits per heavy atom. The fourth-order valence-corrected chi connectivity index (χ4v) is 2.11. The summed E-state index contributed by atoms with van der Waals surface area (Å²) in [6.45, 7) is 4.06. The number of aryl methyl sites for hydroxylation is 2. The molecule has 0 saturated carbocycles. The lowest BCUT2D eigenvalue weighted by atomic mass is 10.2. The van der Waals surface area contributed by atoms with Gasteiger partial charge in [0.2, 0.25) is 0 Å². The molecule has 0 spiro atoms. The number of ether oxygens (including phenoxy) is 1. The smallest absolute Gasteiger partial charge is 0.262 e. The van der Waals surface area contributed by atoms with E-state index >= 15 is 0 Å². The van der Waals surface area contributed by atoms with Crippen molar-refractivity contribution in [3.05, 3.63) is 41.2 Å². The summed E-state index contributed by atoms with van der Waals surface area (Å²) in [5.74, 6) is 0.429. The van der Waals surface area contributed by atoms with Gasteiger partial charge >= 0.3 is 0 Å². The number of carbonyl (C=O) groups excluding carboxylic acids is 1. The highest BCUT2D eigenvalue weighted by Crippen LogP contribution is 2.21. The van der Waals surface area contributed by atoms with Crippen LogP contribution in [0, 0.1) is 13.8 Å². The lowest BCUT2D eigenvalue weighted by Gasteiger charge is -2.10. The molecular formula is C15H20N4O2. The van der Waals surface area contributed by atoms with E-state index in [-0.39, 0.29) is 12.5 Å². The topological polar surface area (TPSA) is 82.2 Å². The second-order valence-corrected chi connectivity index (χ2v) is 4.82. The molecule has 6 nitrogen and oxygen atoms in total. The van der Waals surface area contributed by atoms with Crippen LogP contribution in [0.1, 0.15) is 17.0 Å². The van der Waals surface area contributed by atoms with E-state index in [0.29, 0.717) is 18.0 Å². The third-order valence-electron chi connectivity index (χ3n) is 3.30. The van der Waals surface area contributed by atoms with E-state index in [1.54, 1.807) is 4.68 Å². The van der Waals surface area contributed by atoms with Gasteiger partial charge in [-0.25, -0.2) is 0 Å². The molecule has 0 aliphatic heterocycles. The van der Waals surface area contributed by atoms with Crippen molar-refractivity contribution < 1.29 is 9.53 Å². The molecule has 6 heteroatoms. The van der Waals surface area contributed by atoms with Crippen molar-refractivity contribution in [2.24, 2.45) is 12.8 Å². The van der Waals surface area contributed by atoms with Crippen molar-refractivity contribution in [1.82, 2.24) is 9.78 Å². The van der Waals surface area contributed by atoms with Gasteiger partial charge < -0.3 is 15.8 Å². The number of rotatable bonds is 5. The van der Waals surface area contributed by atoms with Crippen LogP contribution in [0.5, 0.6) is 5.75 Å². The zero-order valence-corrected chi connectivity index (χ0v) is 12.5. The molecule has 2 aromatic rings. The minimum Gasteiger partial charge on any atom is -0.480 e. The molecule has 0 radical (unpaired) electrons. The SMILES string of the molecule is Cc1nn(C)c(C)c1OCC(=O)Nc1ccccc1CN. The second kappa shape index (κ2) is 6.41. The van der Waals surface area contributed by atoms with Crippen LogP contribution in [0.2, 0.25) is 0 Å². The predicted octanol–water partition coefficient (Wildman–Crippen LogP) is 1.51. The standard InChI is InChI=1S/C15H20N4O2/c1-10-15(11(2)19(3)18-10)21-9-14(20)17-13-7-5-4-6-12(13)8-16/h4-7H,8-9,16H2,1-3H3,(H,17,20). The molecule has 112 valence electrons. The minimum absolute atomic E-state index is 0.0632. The number of hydrogen-bond acceptors (Lipinski definition) is 4. The van der Waals surface area contributed by atoms with Crippen LogP contribution in [0.4, 0.5) is 5.69 Å². The van der Waals surface area contributed by atoms with Crippen molar-refractivity contribution >= 4 is 11.6 Å². The Hall–Kier alpha value is -2.34. The van der Waals surface area contributed by atoms with Gasteiger partial charge in [0, 0.05) is 19.3 Å². The van der Waals surface area contributed by atoms with E-state index in [4.69, 9.17) is 10.5 Å². The van der Waals surface area contributed by atoms with Crippen molar-refractivity contribution in [3.63, 3.8) is 0 Å². The molecule has 0 aliphatic rings. The highest BCUT2D eigenvalue weighted by molar-refractivity contribution is 5.92. The largest absolute Gasteiger partial charge is 0.480 e. The summed E-state index contributed by atoms with van der Waals surface area (Å²) in [6, 6.07) is 7.44. The fourth-order valence-electron chi connectivity index (χ4n) is 2.11. The van der Waals surface area contributed by atoms with Crippen molar-refractivity contribution in [2.75, 3.05) is 11.9 Å². The van der Waals surface area contributed by atoms with Crippen LogP contribution in [-0.4, -0.2) is 22.3 Å².